The Labute approximate surface area is 118 Å². The topological polar surface area (TPSA) is 15.3 Å². The van der Waals surface area contributed by atoms with E-state index in [1.807, 2.05) is 7.05 Å². The monoisotopic (exact) mass is 260 g/mol. The molecule has 0 bridgehead atoms. The second-order valence-electron chi connectivity index (χ2n) is 5.71. The Bertz CT molecular complexity index is 373. The van der Waals surface area contributed by atoms with Gasteiger partial charge in [-0.05, 0) is 44.0 Å². The molecule has 0 amide bonds. The van der Waals surface area contributed by atoms with E-state index in [0.29, 0.717) is 0 Å². The van der Waals surface area contributed by atoms with Gasteiger partial charge in [0.1, 0.15) is 0 Å². The van der Waals surface area contributed by atoms with E-state index in [1.165, 1.54) is 49.8 Å². The van der Waals surface area contributed by atoms with Crippen LogP contribution in [0.1, 0.15) is 50.2 Å². The molecule has 1 fully saturated rings. The van der Waals surface area contributed by atoms with Crippen LogP contribution in [0.3, 0.4) is 0 Å². The molecule has 0 aliphatic carbocycles. The molecular weight excluding hydrogens is 232 g/mol. The standard InChI is InChI=1S/C17H28N2/c1-3-8-17-11-6-7-12-19(17)14-16-10-5-4-9-15(16)13-18-2/h4-5,9-10,17-18H,3,6-8,11-14H2,1-2H3. The predicted octanol–water partition coefficient (Wildman–Crippen LogP) is 3.56. The third-order valence-electron chi connectivity index (χ3n) is 4.23. The first-order chi connectivity index (χ1) is 9.35. The molecule has 1 aliphatic rings. The maximum Gasteiger partial charge on any atom is 0.0239 e. The van der Waals surface area contributed by atoms with E-state index in [4.69, 9.17) is 0 Å². The molecule has 0 spiro atoms. The van der Waals surface area contributed by atoms with Crippen molar-refractivity contribution in [3.8, 4) is 0 Å². The van der Waals surface area contributed by atoms with Crippen molar-refractivity contribution < 1.29 is 0 Å². The Morgan fingerprint density at radius 1 is 1.21 bits per heavy atom. The van der Waals surface area contributed by atoms with Crippen LogP contribution in [0.5, 0.6) is 0 Å². The van der Waals surface area contributed by atoms with E-state index in [-0.39, 0.29) is 0 Å². The van der Waals surface area contributed by atoms with Gasteiger partial charge in [-0.15, -0.1) is 0 Å². The number of piperidine rings is 1. The highest BCUT2D eigenvalue weighted by molar-refractivity contribution is 5.27. The van der Waals surface area contributed by atoms with Gasteiger partial charge in [-0.1, -0.05) is 44.0 Å². The van der Waals surface area contributed by atoms with E-state index in [1.54, 1.807) is 0 Å². The molecule has 1 heterocycles. The van der Waals surface area contributed by atoms with Gasteiger partial charge in [0.05, 0.1) is 0 Å². The lowest BCUT2D eigenvalue weighted by Gasteiger charge is -2.36. The average Bonchev–Trinajstić information content (AvgIpc) is 2.44. The molecule has 2 rings (SSSR count). The van der Waals surface area contributed by atoms with Crippen LogP contribution in [-0.2, 0) is 13.1 Å². The Morgan fingerprint density at radius 3 is 2.74 bits per heavy atom. The summed E-state index contributed by atoms with van der Waals surface area (Å²) in [6.07, 6.45) is 6.84. The summed E-state index contributed by atoms with van der Waals surface area (Å²) in [5, 5.41) is 3.28. The Kier molecular flexibility index (Phi) is 5.87. The first kappa shape index (κ1) is 14.5. The molecule has 2 heteroatoms. The SMILES string of the molecule is CCCC1CCCCN1Cc1ccccc1CNC. The molecule has 0 radical (unpaired) electrons. The molecule has 1 aliphatic heterocycles. The molecule has 1 aromatic rings. The summed E-state index contributed by atoms with van der Waals surface area (Å²) in [4.78, 5) is 2.71. The zero-order chi connectivity index (χ0) is 13.5. The third-order valence-corrected chi connectivity index (χ3v) is 4.23. The highest BCUT2D eigenvalue weighted by Crippen LogP contribution is 2.23. The van der Waals surface area contributed by atoms with Gasteiger partial charge in [-0.2, -0.15) is 0 Å². The van der Waals surface area contributed by atoms with Crippen LogP contribution in [0.25, 0.3) is 0 Å². The predicted molar refractivity (Wildman–Crippen MR) is 82.2 cm³/mol. The Hall–Kier alpha value is -0.860. The highest BCUT2D eigenvalue weighted by atomic mass is 15.2. The molecular formula is C17H28N2. The summed E-state index contributed by atoms with van der Waals surface area (Å²) in [5.41, 5.74) is 2.95. The van der Waals surface area contributed by atoms with E-state index in [2.05, 4.69) is 41.4 Å². The molecule has 1 saturated heterocycles. The summed E-state index contributed by atoms with van der Waals surface area (Å²) >= 11 is 0. The summed E-state index contributed by atoms with van der Waals surface area (Å²) in [7, 11) is 2.03. The zero-order valence-corrected chi connectivity index (χ0v) is 12.5. The van der Waals surface area contributed by atoms with E-state index < -0.39 is 0 Å². The van der Waals surface area contributed by atoms with Crippen LogP contribution in [-0.4, -0.2) is 24.5 Å². The summed E-state index contributed by atoms with van der Waals surface area (Å²) in [6, 6.07) is 9.68. The summed E-state index contributed by atoms with van der Waals surface area (Å²) < 4.78 is 0. The minimum absolute atomic E-state index is 0.807. The average molecular weight is 260 g/mol. The van der Waals surface area contributed by atoms with E-state index >= 15 is 0 Å². The van der Waals surface area contributed by atoms with Crippen LogP contribution in [0, 0.1) is 0 Å². The molecule has 19 heavy (non-hydrogen) atoms. The van der Waals surface area contributed by atoms with Crippen molar-refractivity contribution in [1.29, 1.82) is 0 Å². The fraction of sp³-hybridized carbons (Fsp3) is 0.647. The Morgan fingerprint density at radius 2 is 2.00 bits per heavy atom. The van der Waals surface area contributed by atoms with Gasteiger partial charge in [-0.3, -0.25) is 4.90 Å². The van der Waals surface area contributed by atoms with Crippen molar-refractivity contribution in [3.63, 3.8) is 0 Å². The van der Waals surface area contributed by atoms with Crippen molar-refractivity contribution in [1.82, 2.24) is 10.2 Å². The first-order valence-corrected chi connectivity index (χ1v) is 7.80. The minimum Gasteiger partial charge on any atom is -0.316 e. The number of rotatable bonds is 6. The lowest BCUT2D eigenvalue weighted by molar-refractivity contribution is 0.131. The molecule has 1 unspecified atom stereocenters. The minimum atomic E-state index is 0.807. The van der Waals surface area contributed by atoms with Crippen molar-refractivity contribution in [2.24, 2.45) is 0 Å². The smallest absolute Gasteiger partial charge is 0.0239 e. The molecule has 1 atom stereocenters. The number of likely N-dealkylation sites (tertiary alicyclic amines) is 1. The van der Waals surface area contributed by atoms with Gasteiger partial charge < -0.3 is 5.32 Å². The van der Waals surface area contributed by atoms with Gasteiger partial charge in [0, 0.05) is 19.1 Å². The molecule has 106 valence electrons. The van der Waals surface area contributed by atoms with Crippen LogP contribution >= 0.6 is 0 Å². The fourth-order valence-electron chi connectivity index (χ4n) is 3.22. The molecule has 0 aromatic heterocycles. The zero-order valence-electron chi connectivity index (χ0n) is 12.5. The maximum atomic E-state index is 3.28. The Balaban J connectivity index is 2.05. The van der Waals surface area contributed by atoms with Gasteiger partial charge in [0.2, 0.25) is 0 Å². The number of nitrogens with one attached hydrogen (secondary N) is 1. The van der Waals surface area contributed by atoms with Crippen LogP contribution in [0.2, 0.25) is 0 Å². The molecule has 1 aromatic carbocycles. The van der Waals surface area contributed by atoms with Crippen molar-refractivity contribution in [3.05, 3.63) is 35.4 Å². The maximum absolute atomic E-state index is 3.28. The first-order valence-electron chi connectivity index (χ1n) is 7.80. The van der Waals surface area contributed by atoms with Gasteiger partial charge >= 0.3 is 0 Å². The fourth-order valence-corrected chi connectivity index (χ4v) is 3.22. The number of nitrogens with zero attached hydrogens (tertiary/aromatic N) is 1. The van der Waals surface area contributed by atoms with Gasteiger partial charge in [0.15, 0.2) is 0 Å². The van der Waals surface area contributed by atoms with Crippen molar-refractivity contribution >= 4 is 0 Å². The number of hydrogen-bond acceptors (Lipinski definition) is 2. The summed E-state index contributed by atoms with van der Waals surface area (Å²) in [6.45, 7) is 5.69. The molecule has 2 nitrogen and oxygen atoms in total. The summed E-state index contributed by atoms with van der Waals surface area (Å²) in [5.74, 6) is 0. The third kappa shape index (κ3) is 4.05. The van der Waals surface area contributed by atoms with E-state index in [0.717, 1.165) is 19.1 Å². The van der Waals surface area contributed by atoms with Crippen LogP contribution in [0.15, 0.2) is 24.3 Å². The lowest BCUT2D eigenvalue weighted by atomic mass is 9.96. The second-order valence-corrected chi connectivity index (χ2v) is 5.71. The normalized spacial score (nSPS) is 20.6. The molecule has 1 N–H and O–H groups in total. The van der Waals surface area contributed by atoms with Crippen LogP contribution < -0.4 is 5.32 Å². The number of benzene rings is 1. The van der Waals surface area contributed by atoms with Crippen molar-refractivity contribution in [2.75, 3.05) is 13.6 Å². The van der Waals surface area contributed by atoms with E-state index in [9.17, 15) is 0 Å². The highest BCUT2D eigenvalue weighted by Gasteiger charge is 2.21. The largest absolute Gasteiger partial charge is 0.316 e. The van der Waals surface area contributed by atoms with Gasteiger partial charge in [-0.25, -0.2) is 0 Å². The molecule has 0 saturated carbocycles. The van der Waals surface area contributed by atoms with Crippen LogP contribution in [0.4, 0.5) is 0 Å². The van der Waals surface area contributed by atoms with Crippen molar-refractivity contribution in [2.45, 2.75) is 58.2 Å². The number of hydrogen-bond donors (Lipinski definition) is 1. The quantitative estimate of drug-likeness (QED) is 0.841. The second kappa shape index (κ2) is 7.66. The lowest BCUT2D eigenvalue weighted by Crippen LogP contribution is -2.39. The van der Waals surface area contributed by atoms with Gasteiger partial charge in [0.25, 0.3) is 0 Å².